The Labute approximate surface area is 146 Å². The van der Waals surface area contributed by atoms with Crippen LogP contribution < -0.4 is 10.2 Å². The van der Waals surface area contributed by atoms with E-state index in [0.717, 1.165) is 36.4 Å². The molecule has 3 nitrogen and oxygen atoms in total. The summed E-state index contributed by atoms with van der Waals surface area (Å²) in [4.78, 5) is 13.6. The topological polar surface area (TPSA) is 33.5 Å². The summed E-state index contributed by atoms with van der Waals surface area (Å²) in [6.45, 7) is 3.77. The van der Waals surface area contributed by atoms with Gasteiger partial charge in [0.05, 0.1) is 13.1 Å². The predicted octanol–water partition coefficient (Wildman–Crippen LogP) is 2.88. The van der Waals surface area contributed by atoms with E-state index in [9.17, 15) is 4.79 Å². The second kappa shape index (κ2) is 7.87. The van der Waals surface area contributed by atoms with Crippen molar-refractivity contribution >= 4 is 40.7 Å². The molecule has 0 bridgehead atoms. The fourth-order valence-corrected chi connectivity index (χ4v) is 3.51. The van der Waals surface area contributed by atoms with Gasteiger partial charge in [0.25, 0.3) is 9.70 Å². The number of quaternary nitrogens is 1. The Morgan fingerprint density at radius 3 is 2.36 bits per heavy atom. The molecule has 1 aromatic carbocycles. The Morgan fingerprint density at radius 1 is 1.18 bits per heavy atom. The van der Waals surface area contributed by atoms with Gasteiger partial charge >= 0.3 is 0 Å². The lowest BCUT2D eigenvalue weighted by molar-refractivity contribution is -0.926. The minimum absolute atomic E-state index is 0.197. The molecule has 1 fully saturated rings. The van der Waals surface area contributed by atoms with E-state index in [2.05, 4.69) is 5.32 Å². The fraction of sp³-hybridized carbons (Fsp3) is 0.562. The second-order valence-electron chi connectivity index (χ2n) is 5.89. The van der Waals surface area contributed by atoms with E-state index < -0.39 is 9.96 Å². The van der Waals surface area contributed by atoms with Crippen molar-refractivity contribution in [1.82, 2.24) is 5.32 Å². The van der Waals surface area contributed by atoms with Crippen LogP contribution in [0.5, 0.6) is 0 Å². The molecule has 1 aliphatic heterocycles. The summed E-state index contributed by atoms with van der Waals surface area (Å²) in [7, 11) is 0. The lowest BCUT2D eigenvalue weighted by Gasteiger charge is -2.32. The van der Waals surface area contributed by atoms with Gasteiger partial charge in [-0.25, -0.2) is 0 Å². The molecular formula is C16H22Cl3N2O+. The Bertz CT molecular complexity index is 508. The molecule has 1 amide bonds. The molecule has 0 radical (unpaired) electrons. The van der Waals surface area contributed by atoms with Gasteiger partial charge in [0.15, 0.2) is 0 Å². The van der Waals surface area contributed by atoms with Gasteiger partial charge in [0.2, 0.25) is 6.17 Å². The molecule has 2 N–H and O–H groups in total. The number of amides is 1. The molecule has 0 aliphatic carbocycles. The van der Waals surface area contributed by atoms with Crippen LogP contribution in [-0.2, 0) is 0 Å². The molecule has 1 heterocycles. The van der Waals surface area contributed by atoms with E-state index in [0.29, 0.717) is 5.56 Å². The quantitative estimate of drug-likeness (QED) is 0.795. The first kappa shape index (κ1) is 17.9. The van der Waals surface area contributed by atoms with Crippen LogP contribution >= 0.6 is 34.8 Å². The first-order valence-electron chi connectivity index (χ1n) is 7.67. The number of rotatable bonds is 3. The second-order valence-corrected chi connectivity index (χ2v) is 8.26. The van der Waals surface area contributed by atoms with Crippen molar-refractivity contribution in [3.05, 3.63) is 35.4 Å². The van der Waals surface area contributed by atoms with Gasteiger partial charge in [-0.2, -0.15) is 0 Å². The summed E-state index contributed by atoms with van der Waals surface area (Å²) in [6.07, 6.45) is 4.03. The number of likely N-dealkylation sites (tertiary alicyclic amines) is 1. The van der Waals surface area contributed by atoms with Crippen LogP contribution in [0.1, 0.15) is 41.6 Å². The zero-order valence-corrected chi connectivity index (χ0v) is 14.9. The molecule has 1 atom stereocenters. The third-order valence-electron chi connectivity index (χ3n) is 4.04. The average molecular weight is 365 g/mol. The Morgan fingerprint density at radius 2 is 1.82 bits per heavy atom. The van der Waals surface area contributed by atoms with E-state index in [4.69, 9.17) is 34.8 Å². The molecule has 0 unspecified atom stereocenters. The fourth-order valence-electron chi connectivity index (χ4n) is 2.89. The molecular weight excluding hydrogens is 343 g/mol. The predicted molar refractivity (Wildman–Crippen MR) is 91.9 cm³/mol. The lowest BCUT2D eigenvalue weighted by atomic mass is 10.1. The highest BCUT2D eigenvalue weighted by Gasteiger charge is 2.42. The van der Waals surface area contributed by atoms with E-state index in [1.54, 1.807) is 6.07 Å². The SMILES string of the molecule is Cc1cccc(C(=O)N[C@@H]([NH+]2CCCCCC2)C(Cl)(Cl)Cl)c1. The van der Waals surface area contributed by atoms with Gasteiger partial charge < -0.3 is 4.90 Å². The van der Waals surface area contributed by atoms with Gasteiger partial charge in [0, 0.05) is 5.56 Å². The number of carbonyl (C=O) groups is 1. The van der Waals surface area contributed by atoms with Crippen LogP contribution in [0.15, 0.2) is 24.3 Å². The maximum atomic E-state index is 12.5. The normalized spacial score (nSPS) is 18.5. The first-order valence-corrected chi connectivity index (χ1v) is 8.80. The summed E-state index contributed by atoms with van der Waals surface area (Å²) in [6, 6.07) is 7.41. The summed E-state index contributed by atoms with van der Waals surface area (Å²) >= 11 is 18.4. The van der Waals surface area contributed by atoms with Crippen LogP contribution in [0.2, 0.25) is 0 Å². The van der Waals surface area contributed by atoms with E-state index >= 15 is 0 Å². The van der Waals surface area contributed by atoms with Gasteiger partial charge in [0.1, 0.15) is 0 Å². The van der Waals surface area contributed by atoms with Crippen LogP contribution in [0.4, 0.5) is 0 Å². The zero-order chi connectivity index (χ0) is 16.2. The van der Waals surface area contributed by atoms with Gasteiger partial charge in [-0.15, -0.1) is 0 Å². The van der Waals surface area contributed by atoms with Gasteiger partial charge in [-0.05, 0) is 44.7 Å². The van der Waals surface area contributed by atoms with Crippen molar-refractivity contribution in [1.29, 1.82) is 0 Å². The van der Waals surface area contributed by atoms with Crippen LogP contribution in [0.3, 0.4) is 0 Å². The smallest absolute Gasteiger partial charge is 0.262 e. The van der Waals surface area contributed by atoms with Crippen LogP contribution in [0, 0.1) is 6.92 Å². The number of hydrogen-bond acceptors (Lipinski definition) is 1. The molecule has 2 rings (SSSR count). The largest absolute Gasteiger partial charge is 0.312 e. The molecule has 0 aromatic heterocycles. The summed E-state index contributed by atoms with van der Waals surface area (Å²) in [5.74, 6) is -0.197. The highest BCUT2D eigenvalue weighted by molar-refractivity contribution is 6.68. The summed E-state index contributed by atoms with van der Waals surface area (Å²) in [5.41, 5.74) is 1.62. The number of alkyl halides is 3. The Kier molecular flexibility index (Phi) is 6.39. The standard InChI is InChI=1S/C16H21Cl3N2O/c1-12-7-6-8-13(11-12)14(22)20-15(16(17,18)19)21-9-4-2-3-5-10-21/h6-8,11,15H,2-5,9-10H2,1H3,(H,20,22)/p+1/t15-/m0/s1. The van der Waals surface area contributed by atoms with E-state index in [-0.39, 0.29) is 5.91 Å². The van der Waals surface area contributed by atoms with Crippen molar-refractivity contribution in [2.45, 2.75) is 42.6 Å². The molecule has 0 saturated carbocycles. The number of hydrogen-bond donors (Lipinski definition) is 2. The average Bonchev–Trinajstić information content (AvgIpc) is 2.72. The summed E-state index contributed by atoms with van der Waals surface area (Å²) in [5, 5.41) is 2.93. The van der Waals surface area contributed by atoms with E-state index in [1.165, 1.54) is 12.8 Å². The molecule has 1 saturated heterocycles. The van der Waals surface area contributed by atoms with Crippen molar-refractivity contribution in [3.8, 4) is 0 Å². The summed E-state index contributed by atoms with van der Waals surface area (Å²) < 4.78 is -1.53. The number of halogens is 3. The molecule has 1 aliphatic rings. The molecule has 6 heteroatoms. The molecule has 1 aromatic rings. The minimum Gasteiger partial charge on any atom is -0.312 e. The highest BCUT2D eigenvalue weighted by Crippen LogP contribution is 2.28. The number of nitrogens with one attached hydrogen (secondary N) is 2. The first-order chi connectivity index (χ1) is 10.4. The monoisotopic (exact) mass is 363 g/mol. The lowest BCUT2D eigenvalue weighted by Crippen LogP contribution is -3.19. The van der Waals surface area contributed by atoms with Gasteiger partial charge in [-0.1, -0.05) is 52.5 Å². The zero-order valence-electron chi connectivity index (χ0n) is 12.7. The number of benzene rings is 1. The third-order valence-corrected chi connectivity index (χ3v) is 4.69. The molecule has 0 spiro atoms. The van der Waals surface area contributed by atoms with Crippen LogP contribution in [-0.4, -0.2) is 29.0 Å². The molecule has 122 valence electrons. The maximum absolute atomic E-state index is 12.5. The van der Waals surface area contributed by atoms with Crippen molar-refractivity contribution < 1.29 is 9.69 Å². The minimum atomic E-state index is -1.53. The maximum Gasteiger partial charge on any atom is 0.262 e. The van der Waals surface area contributed by atoms with Crippen molar-refractivity contribution in [3.63, 3.8) is 0 Å². The third kappa shape index (κ3) is 5.02. The number of carbonyl (C=O) groups excluding carboxylic acids is 1. The number of aryl methyl sites for hydroxylation is 1. The van der Waals surface area contributed by atoms with Crippen molar-refractivity contribution in [2.75, 3.05) is 13.1 Å². The Balaban J connectivity index is 2.14. The molecule has 22 heavy (non-hydrogen) atoms. The van der Waals surface area contributed by atoms with E-state index in [1.807, 2.05) is 25.1 Å². The van der Waals surface area contributed by atoms with Crippen molar-refractivity contribution in [2.24, 2.45) is 0 Å². The highest BCUT2D eigenvalue weighted by atomic mass is 35.6. The van der Waals surface area contributed by atoms with Gasteiger partial charge in [-0.3, -0.25) is 10.1 Å². The van der Waals surface area contributed by atoms with Crippen LogP contribution in [0.25, 0.3) is 0 Å². The Hall–Kier alpha value is -0.480.